The van der Waals surface area contributed by atoms with Crippen molar-refractivity contribution in [1.29, 1.82) is 0 Å². The molecule has 2 nitrogen and oxygen atoms in total. The fourth-order valence-electron chi connectivity index (χ4n) is 10.0. The molecule has 0 unspecified atom stereocenters. The Labute approximate surface area is 380 Å². The third-order valence-electron chi connectivity index (χ3n) is 13.5. The quantitative estimate of drug-likeness (QED) is 0.160. The van der Waals surface area contributed by atoms with Crippen molar-refractivity contribution in [2.24, 2.45) is 0 Å². The molecule has 306 valence electrons. The van der Waals surface area contributed by atoms with Gasteiger partial charge in [-0.1, -0.05) is 220 Å². The van der Waals surface area contributed by atoms with E-state index in [2.05, 4.69) is 208 Å². The maximum atomic E-state index is 5.04. The Hall–Kier alpha value is -8.20. The van der Waals surface area contributed by atoms with Gasteiger partial charge in [-0.3, -0.25) is 0 Å². The van der Waals surface area contributed by atoms with Gasteiger partial charge in [0.1, 0.15) is 0 Å². The highest BCUT2D eigenvalue weighted by molar-refractivity contribution is 6.07. The lowest BCUT2D eigenvalue weighted by molar-refractivity contribution is 0.660. The van der Waals surface area contributed by atoms with Crippen LogP contribution in [0, 0.1) is 0 Å². The summed E-state index contributed by atoms with van der Waals surface area (Å²) >= 11 is 0. The summed E-state index contributed by atoms with van der Waals surface area (Å²) in [5, 5.41) is 4.93. The standard InChI is InChI=1S/C63H44N2/c1-63(2)58-22-10-9-19-56(58)57-36-33-49(39-59(57)63)43-25-23-41(24-26-43)47-31-34-52-50(37-47)17-11-20-54(52)55-21-12-18-51-38-48(32-35-53(51)55)42-27-29-45(30-28-42)61-40-60(44-13-5-3-6-14-44)64-62(65-61)46-15-7-4-8-16-46/h3-40H,1-2H3. The van der Waals surface area contributed by atoms with E-state index in [1.54, 1.807) is 0 Å². The highest BCUT2D eigenvalue weighted by Crippen LogP contribution is 2.49. The molecule has 10 aromatic carbocycles. The number of benzene rings is 10. The maximum absolute atomic E-state index is 5.04. The topological polar surface area (TPSA) is 25.8 Å². The minimum Gasteiger partial charge on any atom is -0.228 e. The zero-order chi connectivity index (χ0) is 43.5. The van der Waals surface area contributed by atoms with Crippen molar-refractivity contribution in [3.63, 3.8) is 0 Å². The van der Waals surface area contributed by atoms with E-state index in [4.69, 9.17) is 9.97 Å². The molecule has 0 atom stereocenters. The second-order valence-electron chi connectivity index (χ2n) is 17.8. The van der Waals surface area contributed by atoms with Gasteiger partial charge in [0, 0.05) is 22.1 Å². The summed E-state index contributed by atoms with van der Waals surface area (Å²) in [7, 11) is 0. The summed E-state index contributed by atoms with van der Waals surface area (Å²) in [4.78, 5) is 10.0. The molecule has 65 heavy (non-hydrogen) atoms. The van der Waals surface area contributed by atoms with Crippen molar-refractivity contribution in [1.82, 2.24) is 9.97 Å². The van der Waals surface area contributed by atoms with E-state index in [0.29, 0.717) is 0 Å². The molecule has 1 heterocycles. The monoisotopic (exact) mass is 828 g/mol. The third-order valence-corrected chi connectivity index (χ3v) is 13.5. The van der Waals surface area contributed by atoms with E-state index in [1.807, 2.05) is 36.4 Å². The lowest BCUT2D eigenvalue weighted by atomic mass is 9.81. The van der Waals surface area contributed by atoms with Crippen LogP contribution >= 0.6 is 0 Å². The first-order valence-corrected chi connectivity index (χ1v) is 22.5. The number of rotatable bonds is 7. The normalized spacial score (nSPS) is 12.6. The predicted octanol–water partition coefficient (Wildman–Crippen LogP) is 16.8. The van der Waals surface area contributed by atoms with Crippen LogP contribution in [0.25, 0.3) is 111 Å². The first kappa shape index (κ1) is 38.5. The molecule has 1 aromatic heterocycles. The first-order valence-electron chi connectivity index (χ1n) is 22.5. The molecule has 0 spiro atoms. The van der Waals surface area contributed by atoms with Crippen LogP contribution < -0.4 is 0 Å². The van der Waals surface area contributed by atoms with Crippen LogP contribution in [0.2, 0.25) is 0 Å². The summed E-state index contributed by atoms with van der Waals surface area (Å²) < 4.78 is 0. The molecule has 0 saturated carbocycles. The molecule has 2 heteroatoms. The van der Waals surface area contributed by atoms with E-state index in [0.717, 1.165) is 39.5 Å². The van der Waals surface area contributed by atoms with Crippen LogP contribution in [-0.4, -0.2) is 9.97 Å². The number of hydrogen-bond donors (Lipinski definition) is 0. The molecule has 11 aromatic rings. The van der Waals surface area contributed by atoms with E-state index in [1.165, 1.54) is 82.7 Å². The molecular formula is C63H44N2. The summed E-state index contributed by atoms with van der Waals surface area (Å²) in [5.41, 5.74) is 20.2. The average molecular weight is 829 g/mol. The molecule has 0 radical (unpaired) electrons. The smallest absolute Gasteiger partial charge is 0.160 e. The van der Waals surface area contributed by atoms with Gasteiger partial charge >= 0.3 is 0 Å². The van der Waals surface area contributed by atoms with Crippen molar-refractivity contribution < 1.29 is 0 Å². The van der Waals surface area contributed by atoms with Crippen molar-refractivity contribution in [3.05, 3.63) is 242 Å². The van der Waals surface area contributed by atoms with Gasteiger partial charge in [0.2, 0.25) is 0 Å². The molecule has 1 aliphatic carbocycles. The zero-order valence-corrected chi connectivity index (χ0v) is 36.3. The predicted molar refractivity (Wildman–Crippen MR) is 273 cm³/mol. The Bertz CT molecular complexity index is 3530. The number of fused-ring (bicyclic) bond motifs is 5. The summed E-state index contributed by atoms with van der Waals surface area (Å²) in [6, 6.07) is 83.4. The Morgan fingerprint density at radius 2 is 0.692 bits per heavy atom. The van der Waals surface area contributed by atoms with Gasteiger partial charge in [-0.2, -0.15) is 0 Å². The van der Waals surface area contributed by atoms with Gasteiger partial charge in [-0.15, -0.1) is 0 Å². The van der Waals surface area contributed by atoms with Crippen LogP contribution in [0.3, 0.4) is 0 Å². The van der Waals surface area contributed by atoms with Crippen LogP contribution in [-0.2, 0) is 5.41 Å². The summed E-state index contributed by atoms with van der Waals surface area (Å²) in [5.74, 6) is 0.718. The highest BCUT2D eigenvalue weighted by atomic mass is 14.9. The highest BCUT2D eigenvalue weighted by Gasteiger charge is 2.35. The fourth-order valence-corrected chi connectivity index (χ4v) is 10.0. The molecule has 0 fully saturated rings. The van der Waals surface area contributed by atoms with E-state index < -0.39 is 0 Å². The van der Waals surface area contributed by atoms with Gasteiger partial charge in [-0.25, -0.2) is 9.97 Å². The number of hydrogen-bond acceptors (Lipinski definition) is 2. The van der Waals surface area contributed by atoms with Crippen molar-refractivity contribution in [2.75, 3.05) is 0 Å². The van der Waals surface area contributed by atoms with E-state index >= 15 is 0 Å². The molecule has 12 rings (SSSR count). The van der Waals surface area contributed by atoms with Crippen LogP contribution in [0.4, 0.5) is 0 Å². The van der Waals surface area contributed by atoms with Crippen molar-refractivity contribution >= 4 is 21.5 Å². The summed E-state index contributed by atoms with van der Waals surface area (Å²) in [6.07, 6.45) is 0. The Kier molecular flexibility index (Phi) is 9.21. The van der Waals surface area contributed by atoms with E-state index in [-0.39, 0.29) is 5.41 Å². The van der Waals surface area contributed by atoms with Crippen LogP contribution in [0.1, 0.15) is 25.0 Å². The van der Waals surface area contributed by atoms with Gasteiger partial charge in [-0.05, 0) is 113 Å². The Morgan fingerprint density at radius 1 is 0.277 bits per heavy atom. The number of aromatic nitrogens is 2. The van der Waals surface area contributed by atoms with Crippen LogP contribution in [0.15, 0.2) is 231 Å². The molecule has 0 amide bonds. The molecule has 0 saturated heterocycles. The second-order valence-corrected chi connectivity index (χ2v) is 17.8. The van der Waals surface area contributed by atoms with Crippen LogP contribution in [0.5, 0.6) is 0 Å². The lowest BCUT2D eigenvalue weighted by Crippen LogP contribution is -2.14. The number of nitrogens with zero attached hydrogens (tertiary/aromatic N) is 2. The zero-order valence-electron chi connectivity index (χ0n) is 36.3. The minimum absolute atomic E-state index is 0.0164. The lowest BCUT2D eigenvalue weighted by Gasteiger charge is -2.22. The molecular weight excluding hydrogens is 785 g/mol. The Balaban J connectivity index is 0.820. The molecule has 0 bridgehead atoms. The molecule has 0 aliphatic heterocycles. The van der Waals surface area contributed by atoms with Gasteiger partial charge in [0.15, 0.2) is 5.82 Å². The van der Waals surface area contributed by atoms with Gasteiger partial charge in [0.05, 0.1) is 11.4 Å². The summed E-state index contributed by atoms with van der Waals surface area (Å²) in [6.45, 7) is 4.69. The second kappa shape index (κ2) is 15.6. The fraction of sp³-hybridized carbons (Fsp3) is 0.0476. The average Bonchev–Trinajstić information content (AvgIpc) is 3.61. The first-order chi connectivity index (χ1) is 31.9. The Morgan fingerprint density at radius 3 is 1.26 bits per heavy atom. The van der Waals surface area contributed by atoms with Crippen molar-refractivity contribution in [3.8, 4) is 89.5 Å². The van der Waals surface area contributed by atoms with Gasteiger partial charge in [0.25, 0.3) is 0 Å². The SMILES string of the molecule is CC1(C)c2ccccc2-c2ccc(-c3ccc(-c4ccc5c(-c6cccc7cc(-c8ccc(-c9cc(-c%10ccccc%10)nc(-c%10ccccc%10)n9)cc8)ccc67)cccc5c4)cc3)cc21. The molecule has 0 N–H and O–H groups in total. The molecule has 1 aliphatic rings. The maximum Gasteiger partial charge on any atom is 0.160 e. The minimum atomic E-state index is -0.0164. The largest absolute Gasteiger partial charge is 0.228 e. The van der Waals surface area contributed by atoms with E-state index in [9.17, 15) is 0 Å². The third kappa shape index (κ3) is 6.83. The van der Waals surface area contributed by atoms with Crippen molar-refractivity contribution in [2.45, 2.75) is 19.3 Å². The van der Waals surface area contributed by atoms with Gasteiger partial charge < -0.3 is 0 Å².